The molecule has 13 nitrogen and oxygen atoms in total. The molecule has 0 aromatic carbocycles. The lowest BCUT2D eigenvalue weighted by atomic mass is 10.0. The number of azide groups is 2. The first kappa shape index (κ1) is 44.0. The maximum absolute atomic E-state index is 11.2. The number of carboxylic acids is 1. The van der Waals surface area contributed by atoms with Gasteiger partial charge in [0.15, 0.2) is 6.61 Å². The summed E-state index contributed by atoms with van der Waals surface area (Å²) in [6, 6.07) is 4.97. The van der Waals surface area contributed by atoms with Crippen LogP contribution in [-0.4, -0.2) is 65.6 Å². The molecule has 0 saturated carbocycles. The molecule has 0 fully saturated rings. The first-order chi connectivity index (χ1) is 18.9. The molecule has 0 unspecified atom stereocenters. The van der Waals surface area contributed by atoms with Crippen molar-refractivity contribution in [1.29, 1.82) is 10.5 Å². The first-order valence-electron chi connectivity index (χ1n) is 13.4. The molecule has 0 saturated heterocycles. The number of carboxylic acid groups (broad SMARTS) is 1. The van der Waals surface area contributed by atoms with Gasteiger partial charge in [-0.15, -0.1) is 0 Å². The summed E-state index contributed by atoms with van der Waals surface area (Å²) in [7, 11) is 0. The summed E-state index contributed by atoms with van der Waals surface area (Å²) in [4.78, 5) is 29.2. The van der Waals surface area contributed by atoms with Gasteiger partial charge in [-0.3, -0.25) is 14.5 Å². The molecule has 0 aromatic rings. The standard InChI is InChI=1S/C9H14N4O2.C8H19N.C7H13N3O2.C2H2BrN/c1-8(9(14)15-7-5-10)4-2-3-6-12-13-11;1-6-9(7(2)3)8(4)5;1-6(7(11)12)4-2-3-5-9-10-8;3-1-2-4/h8H,2-4,6-7H2,1H3;7-8H,6H2,1-5H3;6H,2-5H2,1H3,(H,11,12);1H2/t8-;;6-;/m0.0./s1. The number of halogens is 1. The minimum atomic E-state index is -0.765. The van der Waals surface area contributed by atoms with Crippen molar-refractivity contribution in [2.75, 3.05) is 31.6 Å². The predicted molar refractivity (Wildman–Crippen MR) is 160 cm³/mol. The van der Waals surface area contributed by atoms with E-state index in [1.165, 1.54) is 0 Å². The normalized spacial score (nSPS) is 10.8. The van der Waals surface area contributed by atoms with E-state index in [-0.39, 0.29) is 24.4 Å². The van der Waals surface area contributed by atoms with Crippen molar-refractivity contribution in [2.24, 2.45) is 22.1 Å². The molecular formula is C26H48BrN9O4. The molecule has 0 rings (SSSR count). The SMILES string of the molecule is CCN(C(C)C)C(C)C.C[C@@H](CCCCN=[N+]=[N-])C(=O)O.C[C@@H](CCCCN=[N+]=[N-])C(=O)OCC#N.N#CCBr. The van der Waals surface area contributed by atoms with Crippen LogP contribution in [0.5, 0.6) is 0 Å². The molecule has 1 N–H and O–H groups in total. The first-order valence-corrected chi connectivity index (χ1v) is 14.5. The number of carbonyl (C=O) groups excluding carboxylic acids is 1. The fourth-order valence-electron chi connectivity index (χ4n) is 3.17. The quantitative estimate of drug-likeness (QED) is 0.0455. The number of unbranched alkanes of at least 4 members (excludes halogenated alkanes) is 2. The van der Waals surface area contributed by atoms with Crippen LogP contribution in [0.25, 0.3) is 20.9 Å². The van der Waals surface area contributed by atoms with Crippen molar-refractivity contribution in [2.45, 2.75) is 99.1 Å². The van der Waals surface area contributed by atoms with Crippen molar-refractivity contribution in [3.05, 3.63) is 20.9 Å². The molecule has 228 valence electrons. The van der Waals surface area contributed by atoms with E-state index in [4.69, 9.17) is 26.7 Å². The molecule has 0 radical (unpaired) electrons. The monoisotopic (exact) mass is 629 g/mol. The van der Waals surface area contributed by atoms with E-state index in [9.17, 15) is 9.59 Å². The lowest BCUT2D eigenvalue weighted by Crippen LogP contribution is -2.36. The fraction of sp³-hybridized carbons (Fsp3) is 0.846. The zero-order valence-corrected chi connectivity index (χ0v) is 26.7. The van der Waals surface area contributed by atoms with Gasteiger partial charge in [-0.1, -0.05) is 59.8 Å². The maximum Gasteiger partial charge on any atom is 0.309 e. The summed E-state index contributed by atoms with van der Waals surface area (Å²) >= 11 is 2.89. The van der Waals surface area contributed by atoms with E-state index >= 15 is 0 Å². The van der Waals surface area contributed by atoms with E-state index in [1.54, 1.807) is 19.9 Å². The van der Waals surface area contributed by atoms with Gasteiger partial charge in [-0.25, -0.2) is 0 Å². The summed E-state index contributed by atoms with van der Waals surface area (Å²) in [6.45, 7) is 16.5. The van der Waals surface area contributed by atoms with Gasteiger partial charge in [-0.2, -0.15) is 10.5 Å². The van der Waals surface area contributed by atoms with E-state index in [2.05, 4.69) is 80.2 Å². The fourth-order valence-corrected chi connectivity index (χ4v) is 3.17. The summed E-state index contributed by atoms with van der Waals surface area (Å²) < 4.78 is 4.65. The summed E-state index contributed by atoms with van der Waals surface area (Å²) in [5.74, 6) is -1.61. The van der Waals surface area contributed by atoms with Crippen LogP contribution >= 0.6 is 15.9 Å². The minimum Gasteiger partial charge on any atom is -0.481 e. The van der Waals surface area contributed by atoms with E-state index < -0.39 is 5.97 Å². The van der Waals surface area contributed by atoms with Crippen LogP contribution in [0.4, 0.5) is 0 Å². The Balaban J connectivity index is -0.000000233. The van der Waals surface area contributed by atoms with Gasteiger partial charge in [0.1, 0.15) is 6.07 Å². The average molecular weight is 631 g/mol. The molecule has 0 bridgehead atoms. The molecule has 0 aliphatic rings. The Hall–Kier alpha value is -3.02. The Morgan fingerprint density at radius 1 is 0.900 bits per heavy atom. The maximum atomic E-state index is 11.2. The second kappa shape index (κ2) is 34.0. The molecule has 40 heavy (non-hydrogen) atoms. The number of hydrogen-bond acceptors (Lipinski definition) is 8. The largest absolute Gasteiger partial charge is 0.481 e. The molecule has 0 aliphatic heterocycles. The van der Waals surface area contributed by atoms with Crippen LogP contribution in [0.2, 0.25) is 0 Å². The van der Waals surface area contributed by atoms with Crippen molar-refractivity contribution in [3.63, 3.8) is 0 Å². The van der Waals surface area contributed by atoms with E-state index in [1.807, 2.05) is 6.07 Å². The summed E-state index contributed by atoms with van der Waals surface area (Å²) in [5, 5.41) is 31.4. The number of hydrogen-bond donors (Lipinski definition) is 1. The third-order valence-corrected chi connectivity index (χ3v) is 5.52. The third kappa shape index (κ3) is 35.0. The van der Waals surface area contributed by atoms with Gasteiger partial charge >= 0.3 is 11.9 Å². The number of aliphatic carboxylic acids is 1. The van der Waals surface area contributed by atoms with Gasteiger partial charge in [0, 0.05) is 35.0 Å². The molecule has 2 atom stereocenters. The number of ether oxygens (including phenoxy) is 1. The topological polar surface area (TPSA) is 212 Å². The van der Waals surface area contributed by atoms with Crippen LogP contribution in [0.15, 0.2) is 10.2 Å². The second-order valence-electron chi connectivity index (χ2n) is 9.12. The van der Waals surface area contributed by atoms with Crippen LogP contribution in [0, 0.1) is 34.5 Å². The molecule has 0 amide bonds. The van der Waals surface area contributed by atoms with Crippen molar-refractivity contribution < 1.29 is 19.4 Å². The van der Waals surface area contributed by atoms with Gasteiger partial charge in [0.2, 0.25) is 0 Å². The highest BCUT2D eigenvalue weighted by atomic mass is 79.9. The molecule has 0 spiro atoms. The highest BCUT2D eigenvalue weighted by Gasteiger charge is 2.13. The number of nitrogens with zero attached hydrogens (tertiary/aromatic N) is 9. The molecule has 0 heterocycles. The number of esters is 1. The Kier molecular flexibility index (Phi) is 37.4. The van der Waals surface area contributed by atoms with Crippen LogP contribution in [0.1, 0.15) is 87.0 Å². The van der Waals surface area contributed by atoms with Crippen LogP contribution in [-0.2, 0) is 14.3 Å². The second-order valence-corrected chi connectivity index (χ2v) is 9.68. The predicted octanol–water partition coefficient (Wildman–Crippen LogP) is 7.39. The Morgan fingerprint density at radius 2 is 1.32 bits per heavy atom. The minimum absolute atomic E-state index is 0.193. The highest BCUT2D eigenvalue weighted by Crippen LogP contribution is 2.10. The van der Waals surface area contributed by atoms with Gasteiger partial charge in [0.05, 0.1) is 23.2 Å². The Morgan fingerprint density at radius 3 is 1.60 bits per heavy atom. The number of nitriles is 2. The summed E-state index contributed by atoms with van der Waals surface area (Å²) in [6.07, 6.45) is 4.47. The van der Waals surface area contributed by atoms with Crippen molar-refractivity contribution in [3.8, 4) is 12.1 Å². The number of carbonyl (C=O) groups is 2. The van der Waals surface area contributed by atoms with Crippen LogP contribution < -0.4 is 0 Å². The molecule has 14 heteroatoms. The van der Waals surface area contributed by atoms with E-state index in [0.717, 1.165) is 32.2 Å². The average Bonchev–Trinajstić information content (AvgIpc) is 2.91. The Bertz CT molecular complexity index is 808. The molecule has 0 aromatic heterocycles. The number of alkyl halides is 1. The van der Waals surface area contributed by atoms with Crippen molar-refractivity contribution in [1.82, 2.24) is 4.90 Å². The van der Waals surface area contributed by atoms with Crippen LogP contribution in [0.3, 0.4) is 0 Å². The van der Waals surface area contributed by atoms with Gasteiger partial charge < -0.3 is 9.84 Å². The zero-order valence-electron chi connectivity index (χ0n) is 25.2. The van der Waals surface area contributed by atoms with E-state index in [0.29, 0.717) is 43.3 Å². The molecule has 0 aliphatic carbocycles. The third-order valence-electron chi connectivity index (χ3n) is 5.27. The smallest absolute Gasteiger partial charge is 0.309 e. The van der Waals surface area contributed by atoms with Crippen molar-refractivity contribution >= 4 is 27.9 Å². The Labute approximate surface area is 248 Å². The zero-order chi connectivity index (χ0) is 31.8. The number of rotatable bonds is 16. The van der Waals surface area contributed by atoms with Gasteiger partial charge in [0.25, 0.3) is 0 Å². The van der Waals surface area contributed by atoms with Gasteiger partial charge in [-0.05, 0) is 71.0 Å². The lowest BCUT2D eigenvalue weighted by Gasteiger charge is -2.28. The molecular weight excluding hydrogens is 582 g/mol. The summed E-state index contributed by atoms with van der Waals surface area (Å²) in [5.41, 5.74) is 15.9. The lowest BCUT2D eigenvalue weighted by molar-refractivity contribution is -0.146. The highest BCUT2D eigenvalue weighted by molar-refractivity contribution is 9.09.